The molecule has 0 spiro atoms. The second-order valence-electron chi connectivity index (χ2n) is 2.05. The van der Waals surface area contributed by atoms with E-state index in [1.165, 1.54) is 19.1 Å². The van der Waals surface area contributed by atoms with Gasteiger partial charge in [0.2, 0.25) is 0 Å². The summed E-state index contributed by atoms with van der Waals surface area (Å²) in [5.41, 5.74) is -0.810. The van der Waals surface area contributed by atoms with Crippen LogP contribution in [0.15, 0.2) is 36.1 Å². The number of carboxylic acids is 1. The number of allylic oxidation sites excluding steroid dienone is 3. The van der Waals surface area contributed by atoms with Gasteiger partial charge < -0.3 is 5.11 Å². The lowest BCUT2D eigenvalue weighted by Crippen LogP contribution is -2.10. The molecule has 0 saturated heterocycles. The van der Waals surface area contributed by atoms with Crippen molar-refractivity contribution in [2.75, 3.05) is 0 Å². The fourth-order valence-electron chi connectivity index (χ4n) is 0.742. The monoisotopic (exact) mass is 213 g/mol. The molecule has 0 atom stereocenters. The SMILES string of the molecule is C=C/C=C(\C(=C/C)C(=O)O)[N+](=O)[O-].CC. The summed E-state index contributed by atoms with van der Waals surface area (Å²) < 4.78 is 0. The van der Waals surface area contributed by atoms with Gasteiger partial charge in [-0.25, -0.2) is 4.79 Å². The van der Waals surface area contributed by atoms with Gasteiger partial charge in [0.05, 0.1) is 4.92 Å². The lowest BCUT2D eigenvalue weighted by molar-refractivity contribution is -0.420. The first-order valence-corrected chi connectivity index (χ1v) is 4.41. The Hall–Kier alpha value is -1.91. The maximum Gasteiger partial charge on any atom is 0.342 e. The van der Waals surface area contributed by atoms with Crippen LogP contribution in [-0.4, -0.2) is 16.0 Å². The van der Waals surface area contributed by atoms with Crippen molar-refractivity contribution in [3.63, 3.8) is 0 Å². The van der Waals surface area contributed by atoms with Crippen LogP contribution < -0.4 is 0 Å². The molecule has 0 aliphatic heterocycles. The zero-order chi connectivity index (χ0) is 12.4. The van der Waals surface area contributed by atoms with Crippen LogP contribution in [0.1, 0.15) is 20.8 Å². The van der Waals surface area contributed by atoms with Crippen molar-refractivity contribution in [1.82, 2.24) is 0 Å². The highest BCUT2D eigenvalue weighted by Gasteiger charge is 2.21. The van der Waals surface area contributed by atoms with Gasteiger partial charge in [-0.1, -0.05) is 32.6 Å². The molecule has 0 heterocycles. The van der Waals surface area contributed by atoms with Gasteiger partial charge in [-0.15, -0.1) is 0 Å². The van der Waals surface area contributed by atoms with E-state index in [4.69, 9.17) is 5.11 Å². The highest BCUT2D eigenvalue weighted by Crippen LogP contribution is 2.10. The van der Waals surface area contributed by atoms with Gasteiger partial charge >= 0.3 is 5.97 Å². The van der Waals surface area contributed by atoms with Crippen molar-refractivity contribution in [3.8, 4) is 0 Å². The summed E-state index contributed by atoms with van der Waals surface area (Å²) in [6, 6.07) is 0. The summed E-state index contributed by atoms with van der Waals surface area (Å²) in [5.74, 6) is -1.33. The zero-order valence-electron chi connectivity index (χ0n) is 9.06. The Kier molecular flexibility index (Phi) is 9.00. The maximum absolute atomic E-state index is 10.5. The van der Waals surface area contributed by atoms with E-state index in [0.29, 0.717) is 0 Å². The molecular weight excluding hydrogens is 198 g/mol. The fourth-order valence-corrected chi connectivity index (χ4v) is 0.742. The second-order valence-corrected chi connectivity index (χ2v) is 2.05. The first kappa shape index (κ1) is 15.6. The minimum absolute atomic E-state index is 0.343. The number of carboxylic acid groups (broad SMARTS) is 1. The fraction of sp³-hybridized carbons (Fsp3) is 0.300. The van der Waals surface area contributed by atoms with Crippen LogP contribution in [0.2, 0.25) is 0 Å². The highest BCUT2D eigenvalue weighted by molar-refractivity contribution is 5.90. The lowest BCUT2D eigenvalue weighted by atomic mass is 10.2. The van der Waals surface area contributed by atoms with Crippen LogP contribution >= 0.6 is 0 Å². The molecule has 0 bridgehead atoms. The minimum Gasteiger partial charge on any atom is -0.477 e. The summed E-state index contributed by atoms with van der Waals surface area (Å²) in [7, 11) is 0. The molecule has 0 fully saturated rings. The topological polar surface area (TPSA) is 80.4 Å². The van der Waals surface area contributed by atoms with Gasteiger partial charge in [0.15, 0.2) is 0 Å². The molecule has 0 aromatic heterocycles. The van der Waals surface area contributed by atoms with Crippen LogP contribution in [0.25, 0.3) is 0 Å². The van der Waals surface area contributed by atoms with Gasteiger partial charge in [0.25, 0.3) is 5.70 Å². The van der Waals surface area contributed by atoms with Crippen LogP contribution in [0.4, 0.5) is 0 Å². The lowest BCUT2D eigenvalue weighted by Gasteiger charge is -1.96. The quantitative estimate of drug-likeness (QED) is 0.336. The summed E-state index contributed by atoms with van der Waals surface area (Å²) in [5, 5.41) is 19.0. The van der Waals surface area contributed by atoms with Crippen LogP contribution in [0.3, 0.4) is 0 Å². The third kappa shape index (κ3) is 5.41. The Balaban J connectivity index is 0. The van der Waals surface area contributed by atoms with Gasteiger partial charge in [-0.2, -0.15) is 0 Å². The molecule has 0 aliphatic carbocycles. The van der Waals surface area contributed by atoms with Crippen molar-refractivity contribution < 1.29 is 14.8 Å². The molecule has 0 aromatic carbocycles. The normalized spacial score (nSPS) is 11.1. The van der Waals surface area contributed by atoms with Gasteiger partial charge in [0, 0.05) is 6.08 Å². The number of hydrogen-bond donors (Lipinski definition) is 1. The van der Waals surface area contributed by atoms with E-state index in [-0.39, 0.29) is 5.57 Å². The number of nitro groups is 1. The van der Waals surface area contributed by atoms with E-state index in [1.807, 2.05) is 13.8 Å². The van der Waals surface area contributed by atoms with E-state index in [9.17, 15) is 14.9 Å². The zero-order valence-corrected chi connectivity index (χ0v) is 9.06. The predicted molar refractivity (Wildman–Crippen MR) is 58.0 cm³/mol. The average molecular weight is 213 g/mol. The molecule has 0 radical (unpaired) electrons. The van der Waals surface area contributed by atoms with E-state index in [2.05, 4.69) is 6.58 Å². The molecule has 0 saturated carbocycles. The number of carbonyl (C=O) groups is 1. The van der Waals surface area contributed by atoms with E-state index < -0.39 is 16.6 Å². The third-order valence-electron chi connectivity index (χ3n) is 1.27. The third-order valence-corrected chi connectivity index (χ3v) is 1.27. The van der Waals surface area contributed by atoms with Crippen molar-refractivity contribution in [1.29, 1.82) is 0 Å². The number of hydrogen-bond acceptors (Lipinski definition) is 3. The van der Waals surface area contributed by atoms with Crippen LogP contribution in [0.5, 0.6) is 0 Å². The Labute approximate surface area is 88.6 Å². The van der Waals surface area contributed by atoms with Crippen molar-refractivity contribution >= 4 is 5.97 Å². The predicted octanol–water partition coefficient (Wildman–Crippen LogP) is 2.39. The summed E-state index contributed by atoms with van der Waals surface area (Å²) in [4.78, 5) is 20.1. The molecule has 1 N–H and O–H groups in total. The van der Waals surface area contributed by atoms with Gasteiger partial charge in [-0.05, 0) is 6.92 Å². The second kappa shape index (κ2) is 8.68. The molecule has 84 valence electrons. The van der Waals surface area contributed by atoms with Gasteiger partial charge in [-0.3, -0.25) is 10.1 Å². The molecule has 5 heteroatoms. The molecule has 0 aliphatic rings. The minimum atomic E-state index is -1.33. The van der Waals surface area contributed by atoms with Crippen molar-refractivity contribution in [2.24, 2.45) is 0 Å². The summed E-state index contributed by atoms with van der Waals surface area (Å²) in [6.45, 7) is 8.68. The highest BCUT2D eigenvalue weighted by atomic mass is 16.6. The first-order chi connectivity index (χ1) is 7.04. The number of rotatable bonds is 4. The van der Waals surface area contributed by atoms with Crippen LogP contribution in [-0.2, 0) is 4.79 Å². The molecule has 0 unspecified atom stereocenters. The Bertz CT molecular complexity index is 303. The molecule has 0 aromatic rings. The Morgan fingerprint density at radius 2 is 1.93 bits per heavy atom. The van der Waals surface area contributed by atoms with Crippen molar-refractivity contribution in [2.45, 2.75) is 20.8 Å². The van der Waals surface area contributed by atoms with E-state index >= 15 is 0 Å². The van der Waals surface area contributed by atoms with E-state index in [1.54, 1.807) is 0 Å². The maximum atomic E-state index is 10.5. The molecule has 0 amide bonds. The average Bonchev–Trinajstić information content (AvgIpc) is 2.20. The smallest absolute Gasteiger partial charge is 0.342 e. The van der Waals surface area contributed by atoms with Gasteiger partial charge in [0.1, 0.15) is 5.57 Å². The standard InChI is InChI=1S/C8H9NO4.C2H6/c1-3-5-7(9(12)13)6(4-2)8(10)11;1-2/h3-5H,1H2,2H3,(H,10,11);1-2H3/b6-4+,7-5+;. The number of nitrogens with zero attached hydrogens (tertiary/aromatic N) is 1. The number of aliphatic carboxylic acids is 1. The van der Waals surface area contributed by atoms with E-state index in [0.717, 1.165) is 6.08 Å². The molecular formula is C10H15NO4. The summed E-state index contributed by atoms with van der Waals surface area (Å²) in [6.07, 6.45) is 3.38. The first-order valence-electron chi connectivity index (χ1n) is 4.41. The Morgan fingerprint density at radius 1 is 1.47 bits per heavy atom. The largest absolute Gasteiger partial charge is 0.477 e. The van der Waals surface area contributed by atoms with Crippen LogP contribution in [0, 0.1) is 10.1 Å². The Morgan fingerprint density at radius 3 is 2.13 bits per heavy atom. The molecule has 0 rings (SSSR count). The summed E-state index contributed by atoms with van der Waals surface area (Å²) >= 11 is 0. The molecule has 15 heavy (non-hydrogen) atoms. The van der Waals surface area contributed by atoms with Crippen molar-refractivity contribution in [3.05, 3.63) is 46.2 Å². The molecule has 5 nitrogen and oxygen atoms in total.